The van der Waals surface area contributed by atoms with Crippen LogP contribution in [0, 0.1) is 0 Å². The van der Waals surface area contributed by atoms with E-state index in [0.29, 0.717) is 6.79 Å². The Labute approximate surface area is 109 Å². The van der Waals surface area contributed by atoms with E-state index in [4.69, 9.17) is 9.47 Å². The molecule has 1 aromatic rings. The topological polar surface area (TPSA) is 42.5 Å². The van der Waals surface area contributed by atoms with Crippen LogP contribution in [0.4, 0.5) is 0 Å². The predicted octanol–water partition coefficient (Wildman–Crippen LogP) is 1.89. The number of hydrogen-bond acceptors (Lipinski definition) is 4. The first kappa shape index (κ1) is 13.2. The van der Waals surface area contributed by atoms with Gasteiger partial charge in [0.2, 0.25) is 6.79 Å². The predicted molar refractivity (Wildman–Crippen MR) is 72.0 cm³/mol. The summed E-state index contributed by atoms with van der Waals surface area (Å²) in [6.45, 7) is 6.64. The molecule has 0 radical (unpaired) electrons. The highest BCUT2D eigenvalue weighted by Gasteiger charge is 2.12. The Kier molecular flexibility index (Phi) is 5.30. The van der Waals surface area contributed by atoms with E-state index in [1.807, 2.05) is 12.1 Å². The molecule has 0 saturated heterocycles. The Balaban J connectivity index is 1.62. The zero-order valence-corrected chi connectivity index (χ0v) is 11.0. The quantitative estimate of drug-likeness (QED) is 0.692. The van der Waals surface area contributed by atoms with Crippen molar-refractivity contribution in [2.24, 2.45) is 0 Å². The average Bonchev–Trinajstić information content (AvgIpc) is 2.85. The SMILES string of the molecule is CCCNCCCNCc1ccc2c(c1)OCO2. The number of ether oxygens (including phenoxy) is 2. The Morgan fingerprint density at radius 3 is 2.78 bits per heavy atom. The van der Waals surface area contributed by atoms with Crippen LogP contribution in [0.3, 0.4) is 0 Å². The van der Waals surface area contributed by atoms with Gasteiger partial charge in [0.05, 0.1) is 0 Å². The highest BCUT2D eigenvalue weighted by Crippen LogP contribution is 2.32. The second-order valence-corrected chi connectivity index (χ2v) is 4.47. The molecule has 0 spiro atoms. The Bertz CT molecular complexity index is 369. The van der Waals surface area contributed by atoms with Gasteiger partial charge in [-0.2, -0.15) is 0 Å². The van der Waals surface area contributed by atoms with Gasteiger partial charge < -0.3 is 20.1 Å². The molecular formula is C14H22N2O2. The van der Waals surface area contributed by atoms with Crippen LogP contribution >= 0.6 is 0 Å². The summed E-state index contributed by atoms with van der Waals surface area (Å²) >= 11 is 0. The zero-order valence-electron chi connectivity index (χ0n) is 11.0. The molecular weight excluding hydrogens is 228 g/mol. The van der Waals surface area contributed by atoms with Gasteiger partial charge in [0.15, 0.2) is 11.5 Å². The first-order chi connectivity index (χ1) is 8.90. The molecule has 0 fully saturated rings. The third kappa shape index (κ3) is 3.89. The summed E-state index contributed by atoms with van der Waals surface area (Å²) in [6, 6.07) is 6.10. The van der Waals surface area contributed by atoms with E-state index in [9.17, 15) is 0 Å². The third-order valence-corrected chi connectivity index (χ3v) is 2.90. The van der Waals surface area contributed by atoms with E-state index in [2.05, 4.69) is 23.6 Å². The summed E-state index contributed by atoms with van der Waals surface area (Å²) < 4.78 is 10.6. The van der Waals surface area contributed by atoms with E-state index >= 15 is 0 Å². The van der Waals surface area contributed by atoms with Crippen LogP contribution in [-0.4, -0.2) is 26.4 Å². The molecule has 1 aliphatic rings. The molecule has 1 aromatic carbocycles. The molecule has 2 N–H and O–H groups in total. The van der Waals surface area contributed by atoms with E-state index in [0.717, 1.165) is 44.1 Å². The molecule has 0 amide bonds. The van der Waals surface area contributed by atoms with Crippen LogP contribution in [0.15, 0.2) is 18.2 Å². The van der Waals surface area contributed by atoms with Crippen molar-refractivity contribution in [3.8, 4) is 11.5 Å². The molecule has 4 nitrogen and oxygen atoms in total. The second-order valence-electron chi connectivity index (χ2n) is 4.47. The molecule has 0 aliphatic carbocycles. The lowest BCUT2D eigenvalue weighted by Crippen LogP contribution is -2.22. The molecule has 2 rings (SSSR count). The van der Waals surface area contributed by atoms with Crippen LogP contribution in [0.2, 0.25) is 0 Å². The van der Waals surface area contributed by atoms with Crippen molar-refractivity contribution in [1.82, 2.24) is 10.6 Å². The number of hydrogen-bond donors (Lipinski definition) is 2. The normalized spacial score (nSPS) is 12.9. The fourth-order valence-corrected chi connectivity index (χ4v) is 1.92. The number of nitrogens with one attached hydrogen (secondary N) is 2. The molecule has 1 aliphatic heterocycles. The molecule has 100 valence electrons. The molecule has 0 atom stereocenters. The molecule has 0 saturated carbocycles. The van der Waals surface area contributed by atoms with E-state index in [-0.39, 0.29) is 0 Å². The van der Waals surface area contributed by atoms with Crippen LogP contribution in [-0.2, 0) is 6.54 Å². The number of fused-ring (bicyclic) bond motifs is 1. The maximum Gasteiger partial charge on any atom is 0.231 e. The average molecular weight is 250 g/mol. The number of rotatable bonds is 8. The van der Waals surface area contributed by atoms with Gasteiger partial charge in [-0.3, -0.25) is 0 Å². The summed E-state index contributed by atoms with van der Waals surface area (Å²) in [7, 11) is 0. The fourth-order valence-electron chi connectivity index (χ4n) is 1.92. The summed E-state index contributed by atoms with van der Waals surface area (Å²) in [6.07, 6.45) is 2.36. The summed E-state index contributed by atoms with van der Waals surface area (Å²) in [5.74, 6) is 1.71. The van der Waals surface area contributed by atoms with Crippen molar-refractivity contribution in [3.05, 3.63) is 23.8 Å². The minimum atomic E-state index is 0.343. The lowest BCUT2D eigenvalue weighted by molar-refractivity contribution is 0.174. The van der Waals surface area contributed by atoms with E-state index in [1.165, 1.54) is 12.0 Å². The van der Waals surface area contributed by atoms with Crippen LogP contribution in [0.25, 0.3) is 0 Å². The molecule has 4 heteroatoms. The zero-order chi connectivity index (χ0) is 12.6. The van der Waals surface area contributed by atoms with Crippen LogP contribution in [0.5, 0.6) is 11.5 Å². The van der Waals surface area contributed by atoms with Crippen molar-refractivity contribution in [1.29, 1.82) is 0 Å². The van der Waals surface area contributed by atoms with Crippen molar-refractivity contribution in [2.75, 3.05) is 26.4 Å². The maximum atomic E-state index is 5.35. The van der Waals surface area contributed by atoms with Crippen molar-refractivity contribution < 1.29 is 9.47 Å². The van der Waals surface area contributed by atoms with Crippen LogP contribution in [0.1, 0.15) is 25.3 Å². The first-order valence-corrected chi connectivity index (χ1v) is 6.70. The number of benzene rings is 1. The van der Waals surface area contributed by atoms with Gasteiger partial charge in [0.1, 0.15) is 0 Å². The monoisotopic (exact) mass is 250 g/mol. The smallest absolute Gasteiger partial charge is 0.231 e. The van der Waals surface area contributed by atoms with Gasteiger partial charge in [-0.1, -0.05) is 13.0 Å². The van der Waals surface area contributed by atoms with E-state index < -0.39 is 0 Å². The highest BCUT2D eigenvalue weighted by atomic mass is 16.7. The summed E-state index contributed by atoms with van der Waals surface area (Å²) in [4.78, 5) is 0. The van der Waals surface area contributed by atoms with Gasteiger partial charge in [-0.15, -0.1) is 0 Å². The van der Waals surface area contributed by atoms with Gasteiger partial charge in [-0.25, -0.2) is 0 Å². The van der Waals surface area contributed by atoms with Crippen molar-refractivity contribution in [2.45, 2.75) is 26.3 Å². The summed E-state index contributed by atoms with van der Waals surface area (Å²) in [5, 5.41) is 6.82. The molecule has 1 heterocycles. The molecule has 0 unspecified atom stereocenters. The van der Waals surface area contributed by atoms with Gasteiger partial charge in [0.25, 0.3) is 0 Å². The molecule has 0 aromatic heterocycles. The van der Waals surface area contributed by atoms with Crippen molar-refractivity contribution in [3.63, 3.8) is 0 Å². The Hall–Kier alpha value is -1.26. The highest BCUT2D eigenvalue weighted by molar-refractivity contribution is 5.44. The van der Waals surface area contributed by atoms with Crippen LogP contribution < -0.4 is 20.1 Å². The second kappa shape index (κ2) is 7.24. The van der Waals surface area contributed by atoms with Crippen molar-refractivity contribution >= 4 is 0 Å². The van der Waals surface area contributed by atoms with Gasteiger partial charge >= 0.3 is 0 Å². The van der Waals surface area contributed by atoms with Gasteiger partial charge in [-0.05, 0) is 50.2 Å². The minimum Gasteiger partial charge on any atom is -0.454 e. The largest absolute Gasteiger partial charge is 0.454 e. The third-order valence-electron chi connectivity index (χ3n) is 2.90. The lowest BCUT2D eigenvalue weighted by Gasteiger charge is -2.06. The first-order valence-electron chi connectivity index (χ1n) is 6.70. The fraction of sp³-hybridized carbons (Fsp3) is 0.571. The lowest BCUT2D eigenvalue weighted by atomic mass is 10.2. The van der Waals surface area contributed by atoms with Gasteiger partial charge in [0, 0.05) is 6.54 Å². The Morgan fingerprint density at radius 2 is 1.89 bits per heavy atom. The summed E-state index contributed by atoms with van der Waals surface area (Å²) in [5.41, 5.74) is 1.24. The Morgan fingerprint density at radius 1 is 1.06 bits per heavy atom. The minimum absolute atomic E-state index is 0.343. The maximum absolute atomic E-state index is 5.35. The molecule has 18 heavy (non-hydrogen) atoms. The van der Waals surface area contributed by atoms with E-state index in [1.54, 1.807) is 0 Å². The standard InChI is InChI=1S/C14H22N2O2/c1-2-6-15-7-3-8-16-10-12-4-5-13-14(9-12)18-11-17-13/h4-5,9,15-16H,2-3,6-8,10-11H2,1H3. The molecule has 0 bridgehead atoms.